The van der Waals surface area contributed by atoms with Crippen molar-refractivity contribution in [2.45, 2.75) is 19.9 Å². The van der Waals surface area contributed by atoms with E-state index in [9.17, 15) is 8.78 Å². The van der Waals surface area contributed by atoms with Gasteiger partial charge in [-0.25, -0.2) is 8.78 Å². The van der Waals surface area contributed by atoms with Crippen LogP contribution in [-0.4, -0.2) is 0 Å². The molecular weight excluding hydrogens is 312 g/mol. The summed E-state index contributed by atoms with van der Waals surface area (Å²) in [6.07, 6.45) is 0. The Labute approximate surface area is 119 Å². The predicted molar refractivity (Wildman–Crippen MR) is 76.0 cm³/mol. The minimum absolute atomic E-state index is 0.307. The van der Waals surface area contributed by atoms with Crippen LogP contribution in [0, 0.1) is 25.5 Å². The molecule has 0 aliphatic rings. The zero-order chi connectivity index (χ0) is 14.2. The average Bonchev–Trinajstić information content (AvgIpc) is 2.26. The molecule has 0 aliphatic heterocycles. The van der Waals surface area contributed by atoms with Gasteiger partial charge in [-0.05, 0) is 54.8 Å². The first-order valence-corrected chi connectivity index (χ1v) is 6.67. The van der Waals surface area contributed by atoms with Crippen LogP contribution in [0.1, 0.15) is 28.3 Å². The van der Waals surface area contributed by atoms with Crippen molar-refractivity contribution >= 4 is 15.9 Å². The Morgan fingerprint density at radius 3 is 2.16 bits per heavy atom. The van der Waals surface area contributed by atoms with Crippen LogP contribution < -0.4 is 5.73 Å². The van der Waals surface area contributed by atoms with Crippen molar-refractivity contribution in [3.05, 3.63) is 68.7 Å². The number of rotatable bonds is 2. The van der Waals surface area contributed by atoms with Crippen LogP contribution in [0.3, 0.4) is 0 Å². The number of benzene rings is 2. The first-order chi connectivity index (χ1) is 8.91. The highest BCUT2D eigenvalue weighted by molar-refractivity contribution is 9.10. The maximum atomic E-state index is 13.9. The van der Waals surface area contributed by atoms with Crippen LogP contribution in [0.25, 0.3) is 0 Å². The van der Waals surface area contributed by atoms with Gasteiger partial charge >= 0.3 is 0 Å². The molecule has 19 heavy (non-hydrogen) atoms. The normalized spacial score (nSPS) is 12.5. The Morgan fingerprint density at radius 1 is 1.05 bits per heavy atom. The standard InChI is InChI=1S/C15H14BrF2N/c1-8-6-10(17)7-9(2)13(8)15(19)14-11(16)4-3-5-12(14)18/h3-7,15H,19H2,1-2H3. The van der Waals surface area contributed by atoms with Crippen LogP contribution in [0.4, 0.5) is 8.78 Å². The molecule has 0 saturated carbocycles. The highest BCUT2D eigenvalue weighted by atomic mass is 79.9. The molecule has 4 heteroatoms. The van der Waals surface area contributed by atoms with Crippen LogP contribution in [0.5, 0.6) is 0 Å². The van der Waals surface area contributed by atoms with Crippen molar-refractivity contribution in [3.8, 4) is 0 Å². The SMILES string of the molecule is Cc1cc(F)cc(C)c1C(N)c1c(F)cccc1Br. The van der Waals surface area contributed by atoms with Crippen molar-refractivity contribution in [3.63, 3.8) is 0 Å². The van der Waals surface area contributed by atoms with E-state index in [1.807, 2.05) is 0 Å². The lowest BCUT2D eigenvalue weighted by Crippen LogP contribution is -2.17. The summed E-state index contributed by atoms with van der Waals surface area (Å²) in [5.74, 6) is -0.677. The summed E-state index contributed by atoms with van der Waals surface area (Å²) in [5.41, 5.74) is 8.77. The molecule has 2 aromatic carbocycles. The van der Waals surface area contributed by atoms with E-state index in [-0.39, 0.29) is 11.6 Å². The lowest BCUT2D eigenvalue weighted by atomic mass is 9.91. The molecule has 0 amide bonds. The number of halogens is 3. The molecule has 2 N–H and O–H groups in total. The maximum Gasteiger partial charge on any atom is 0.129 e. The topological polar surface area (TPSA) is 26.0 Å². The molecule has 2 rings (SSSR count). The molecule has 0 radical (unpaired) electrons. The van der Waals surface area contributed by atoms with Gasteiger partial charge in [-0.1, -0.05) is 22.0 Å². The van der Waals surface area contributed by atoms with E-state index in [1.54, 1.807) is 26.0 Å². The number of nitrogens with two attached hydrogens (primary N) is 1. The van der Waals surface area contributed by atoms with Crippen molar-refractivity contribution in [1.29, 1.82) is 0 Å². The lowest BCUT2D eigenvalue weighted by Gasteiger charge is -2.20. The quantitative estimate of drug-likeness (QED) is 0.870. The van der Waals surface area contributed by atoms with Gasteiger partial charge in [0.15, 0.2) is 0 Å². The van der Waals surface area contributed by atoms with E-state index in [0.717, 1.165) is 16.7 Å². The van der Waals surface area contributed by atoms with Crippen LogP contribution in [-0.2, 0) is 0 Å². The first kappa shape index (κ1) is 14.2. The molecule has 0 heterocycles. The maximum absolute atomic E-state index is 13.9. The summed E-state index contributed by atoms with van der Waals surface area (Å²) in [4.78, 5) is 0. The third-order valence-corrected chi connectivity index (χ3v) is 3.87. The molecule has 0 spiro atoms. The Kier molecular flexibility index (Phi) is 4.02. The molecule has 0 aromatic heterocycles. The van der Waals surface area contributed by atoms with E-state index in [0.29, 0.717) is 10.0 Å². The largest absolute Gasteiger partial charge is 0.320 e. The second kappa shape index (κ2) is 5.39. The Morgan fingerprint density at radius 2 is 1.63 bits per heavy atom. The summed E-state index contributed by atoms with van der Waals surface area (Å²) in [5, 5.41) is 0. The summed E-state index contributed by atoms with van der Waals surface area (Å²) in [6, 6.07) is 6.92. The van der Waals surface area contributed by atoms with Gasteiger partial charge in [-0.3, -0.25) is 0 Å². The van der Waals surface area contributed by atoms with Gasteiger partial charge < -0.3 is 5.73 Å². The Hall–Kier alpha value is -1.26. The molecule has 1 atom stereocenters. The summed E-state index contributed by atoms with van der Waals surface area (Å²) in [6.45, 7) is 3.56. The van der Waals surface area contributed by atoms with Gasteiger partial charge in [-0.2, -0.15) is 0 Å². The highest BCUT2D eigenvalue weighted by Gasteiger charge is 2.20. The van der Waals surface area contributed by atoms with E-state index >= 15 is 0 Å². The van der Waals surface area contributed by atoms with E-state index in [4.69, 9.17) is 5.73 Å². The fraction of sp³-hybridized carbons (Fsp3) is 0.200. The lowest BCUT2D eigenvalue weighted by molar-refractivity contribution is 0.595. The molecule has 0 bridgehead atoms. The van der Waals surface area contributed by atoms with E-state index in [1.165, 1.54) is 18.2 Å². The fourth-order valence-electron chi connectivity index (χ4n) is 2.36. The molecule has 1 nitrogen and oxygen atoms in total. The van der Waals surface area contributed by atoms with E-state index < -0.39 is 6.04 Å². The summed E-state index contributed by atoms with van der Waals surface area (Å²) in [7, 11) is 0. The highest BCUT2D eigenvalue weighted by Crippen LogP contribution is 2.32. The zero-order valence-electron chi connectivity index (χ0n) is 10.7. The average molecular weight is 326 g/mol. The minimum atomic E-state index is -0.629. The van der Waals surface area contributed by atoms with Crippen molar-refractivity contribution < 1.29 is 8.78 Å². The van der Waals surface area contributed by atoms with Gasteiger partial charge in [0.1, 0.15) is 11.6 Å². The monoisotopic (exact) mass is 325 g/mol. The van der Waals surface area contributed by atoms with Gasteiger partial charge in [0.05, 0.1) is 6.04 Å². The third kappa shape index (κ3) is 2.69. The minimum Gasteiger partial charge on any atom is -0.320 e. The van der Waals surface area contributed by atoms with Crippen LogP contribution in [0.15, 0.2) is 34.8 Å². The first-order valence-electron chi connectivity index (χ1n) is 5.88. The van der Waals surface area contributed by atoms with E-state index in [2.05, 4.69) is 15.9 Å². The molecule has 100 valence electrons. The zero-order valence-corrected chi connectivity index (χ0v) is 12.3. The van der Waals surface area contributed by atoms with Gasteiger partial charge in [0.2, 0.25) is 0 Å². The second-order valence-corrected chi connectivity index (χ2v) is 5.42. The summed E-state index contributed by atoms with van der Waals surface area (Å²) >= 11 is 3.31. The van der Waals surface area contributed by atoms with Gasteiger partial charge in [0, 0.05) is 10.0 Å². The molecule has 1 unspecified atom stereocenters. The number of hydrogen-bond donors (Lipinski definition) is 1. The third-order valence-electron chi connectivity index (χ3n) is 3.18. The molecule has 0 saturated heterocycles. The predicted octanol–water partition coefficient (Wildman–Crippen LogP) is 4.39. The van der Waals surface area contributed by atoms with Crippen LogP contribution in [0.2, 0.25) is 0 Å². The fourth-order valence-corrected chi connectivity index (χ4v) is 2.95. The second-order valence-electron chi connectivity index (χ2n) is 4.57. The Balaban J connectivity index is 2.60. The molecule has 0 aliphatic carbocycles. The van der Waals surface area contributed by atoms with Crippen molar-refractivity contribution in [2.24, 2.45) is 5.73 Å². The van der Waals surface area contributed by atoms with Gasteiger partial charge in [-0.15, -0.1) is 0 Å². The molecular formula is C15H14BrF2N. The Bertz CT molecular complexity index is 582. The number of hydrogen-bond acceptors (Lipinski definition) is 1. The van der Waals surface area contributed by atoms with Crippen LogP contribution >= 0.6 is 15.9 Å². The van der Waals surface area contributed by atoms with Crippen molar-refractivity contribution in [1.82, 2.24) is 0 Å². The summed E-state index contributed by atoms with van der Waals surface area (Å²) < 4.78 is 27.9. The smallest absolute Gasteiger partial charge is 0.129 e. The van der Waals surface area contributed by atoms with Crippen molar-refractivity contribution in [2.75, 3.05) is 0 Å². The van der Waals surface area contributed by atoms with Gasteiger partial charge in [0.25, 0.3) is 0 Å². The molecule has 0 fully saturated rings. The number of aryl methyl sites for hydroxylation is 2. The molecule has 2 aromatic rings.